The molecular formula is C28H46N4O3. The van der Waals surface area contributed by atoms with Gasteiger partial charge in [-0.05, 0) is 76.2 Å². The largest absolute Gasteiger partial charge is 0.383 e. The first-order chi connectivity index (χ1) is 16.8. The monoisotopic (exact) mass is 486 g/mol. The van der Waals surface area contributed by atoms with E-state index in [9.17, 15) is 14.7 Å². The molecule has 4 atom stereocenters. The fourth-order valence-corrected chi connectivity index (χ4v) is 5.87. The molecule has 1 aromatic carbocycles. The van der Waals surface area contributed by atoms with E-state index in [-0.39, 0.29) is 11.8 Å². The van der Waals surface area contributed by atoms with Gasteiger partial charge in [0.05, 0.1) is 0 Å². The summed E-state index contributed by atoms with van der Waals surface area (Å²) in [4.78, 5) is 31.2. The summed E-state index contributed by atoms with van der Waals surface area (Å²) in [6, 6.07) is 8.83. The molecule has 2 saturated heterocycles. The van der Waals surface area contributed by atoms with Crippen LogP contribution in [0.2, 0.25) is 0 Å². The lowest BCUT2D eigenvalue weighted by Gasteiger charge is -2.40. The molecule has 3 rings (SSSR count). The maximum atomic E-state index is 13.1. The van der Waals surface area contributed by atoms with Gasteiger partial charge in [-0.3, -0.25) is 14.5 Å². The number of primary amides is 1. The van der Waals surface area contributed by atoms with Crippen LogP contribution in [0.4, 0.5) is 0 Å². The highest BCUT2D eigenvalue weighted by atomic mass is 16.3. The van der Waals surface area contributed by atoms with Crippen molar-refractivity contribution in [1.82, 2.24) is 14.7 Å². The zero-order valence-corrected chi connectivity index (χ0v) is 22.0. The van der Waals surface area contributed by atoms with Crippen LogP contribution in [0.3, 0.4) is 0 Å². The Morgan fingerprint density at radius 3 is 2.43 bits per heavy atom. The Bertz CT molecular complexity index is 816. The molecule has 2 amide bonds. The number of aliphatic hydroxyl groups excluding tert-OH is 1. The van der Waals surface area contributed by atoms with Gasteiger partial charge in [-0.15, -0.1) is 0 Å². The first-order valence-corrected chi connectivity index (χ1v) is 13.6. The molecule has 196 valence electrons. The molecular weight excluding hydrogens is 440 g/mol. The van der Waals surface area contributed by atoms with Gasteiger partial charge < -0.3 is 20.6 Å². The summed E-state index contributed by atoms with van der Waals surface area (Å²) in [7, 11) is 3.92. The molecule has 0 radical (unpaired) electrons. The highest BCUT2D eigenvalue weighted by Gasteiger charge is 2.41. The highest BCUT2D eigenvalue weighted by Crippen LogP contribution is 2.43. The summed E-state index contributed by atoms with van der Waals surface area (Å²) < 4.78 is 0. The van der Waals surface area contributed by atoms with E-state index >= 15 is 0 Å². The second-order valence-corrected chi connectivity index (χ2v) is 10.8. The van der Waals surface area contributed by atoms with Gasteiger partial charge in [-0.25, -0.2) is 0 Å². The number of hydrogen-bond donors (Lipinski definition) is 2. The molecule has 3 N–H and O–H groups in total. The fourth-order valence-electron chi connectivity index (χ4n) is 5.87. The zero-order valence-electron chi connectivity index (χ0n) is 22.0. The Morgan fingerprint density at radius 2 is 1.80 bits per heavy atom. The van der Waals surface area contributed by atoms with Crippen molar-refractivity contribution < 1.29 is 14.7 Å². The van der Waals surface area contributed by atoms with E-state index in [1.165, 1.54) is 31.2 Å². The number of fused-ring (bicyclic) bond motifs is 2. The molecule has 1 aromatic rings. The number of hydrogen-bond acceptors (Lipinski definition) is 5. The van der Waals surface area contributed by atoms with Crippen LogP contribution in [0.15, 0.2) is 24.3 Å². The van der Waals surface area contributed by atoms with Crippen molar-refractivity contribution in [3.05, 3.63) is 35.4 Å². The summed E-state index contributed by atoms with van der Waals surface area (Å²) in [6.07, 6.45) is 8.53. The SMILES string of the molecule is CCCCCCN(CCN1[C@@H]2CC[C@H]1C[C@@H](c1cccc(C(N)=O)c1)C2)C(=O)[C@@H](O)CCN(C)C. The first kappa shape index (κ1) is 27.6. The second kappa shape index (κ2) is 13.4. The van der Waals surface area contributed by atoms with Crippen molar-refractivity contribution in [2.24, 2.45) is 5.73 Å². The predicted molar refractivity (Wildman–Crippen MR) is 140 cm³/mol. The van der Waals surface area contributed by atoms with Gasteiger partial charge in [0.1, 0.15) is 6.10 Å². The smallest absolute Gasteiger partial charge is 0.251 e. The van der Waals surface area contributed by atoms with Crippen LogP contribution in [0, 0.1) is 0 Å². The number of piperidine rings is 1. The Balaban J connectivity index is 1.59. The zero-order chi connectivity index (χ0) is 25.4. The van der Waals surface area contributed by atoms with Crippen molar-refractivity contribution in [2.45, 2.75) is 88.8 Å². The second-order valence-electron chi connectivity index (χ2n) is 10.8. The lowest BCUT2D eigenvalue weighted by Crippen LogP contribution is -2.49. The van der Waals surface area contributed by atoms with Gasteiger partial charge in [-0.1, -0.05) is 38.3 Å². The molecule has 0 spiro atoms. The van der Waals surface area contributed by atoms with Crippen LogP contribution < -0.4 is 5.73 Å². The minimum absolute atomic E-state index is 0.117. The van der Waals surface area contributed by atoms with Gasteiger partial charge in [0.15, 0.2) is 0 Å². The predicted octanol–water partition coefficient (Wildman–Crippen LogP) is 3.22. The maximum Gasteiger partial charge on any atom is 0.251 e. The Labute approximate surface area is 211 Å². The average Bonchev–Trinajstić information content (AvgIpc) is 3.07. The van der Waals surface area contributed by atoms with E-state index in [2.05, 4.69) is 17.9 Å². The Hall–Kier alpha value is -1.96. The standard InChI is InChI=1S/C28H46N4O3/c1-4-5-6-7-14-31(28(35)26(33)13-15-30(2)3)16-17-32-24-11-12-25(32)20-23(19-24)21-9-8-10-22(18-21)27(29)34/h8-10,18,23-26,33H,4-7,11-17,19-20H2,1-3H3,(H2,29,34)/t23-,24+,25-,26-/m0/s1. The number of nitrogens with two attached hydrogens (primary N) is 1. The van der Waals surface area contributed by atoms with E-state index in [0.717, 1.165) is 38.8 Å². The number of unbranched alkanes of at least 4 members (excludes halogenated alkanes) is 3. The van der Waals surface area contributed by atoms with Gasteiger partial charge >= 0.3 is 0 Å². The minimum atomic E-state index is -0.927. The molecule has 0 saturated carbocycles. The van der Waals surface area contributed by atoms with Crippen LogP contribution in [0.25, 0.3) is 0 Å². The molecule has 0 unspecified atom stereocenters. The van der Waals surface area contributed by atoms with E-state index in [1.807, 2.05) is 36.0 Å². The van der Waals surface area contributed by atoms with Crippen LogP contribution in [-0.4, -0.2) is 90.1 Å². The minimum Gasteiger partial charge on any atom is -0.383 e. The van der Waals surface area contributed by atoms with Crippen molar-refractivity contribution in [1.29, 1.82) is 0 Å². The third kappa shape index (κ3) is 7.76. The van der Waals surface area contributed by atoms with E-state index in [0.29, 0.717) is 43.1 Å². The highest BCUT2D eigenvalue weighted by molar-refractivity contribution is 5.92. The van der Waals surface area contributed by atoms with Gasteiger partial charge in [0.25, 0.3) is 5.91 Å². The molecule has 0 aliphatic carbocycles. The molecule has 2 bridgehead atoms. The van der Waals surface area contributed by atoms with Gasteiger partial charge in [-0.2, -0.15) is 0 Å². The van der Waals surface area contributed by atoms with E-state index in [1.54, 1.807) is 6.07 Å². The summed E-state index contributed by atoms with van der Waals surface area (Å²) in [6.45, 7) is 5.16. The number of nitrogens with zero attached hydrogens (tertiary/aromatic N) is 3. The van der Waals surface area contributed by atoms with Crippen molar-refractivity contribution in [3.63, 3.8) is 0 Å². The number of amides is 2. The third-order valence-corrected chi connectivity index (χ3v) is 7.88. The maximum absolute atomic E-state index is 13.1. The van der Waals surface area contributed by atoms with Gasteiger partial charge in [0.2, 0.25) is 5.91 Å². The normalized spacial score (nSPS) is 22.9. The van der Waals surface area contributed by atoms with Crippen LogP contribution in [0.1, 0.15) is 86.6 Å². The first-order valence-electron chi connectivity index (χ1n) is 13.6. The van der Waals surface area contributed by atoms with E-state index < -0.39 is 6.10 Å². The third-order valence-electron chi connectivity index (χ3n) is 7.88. The molecule has 0 aromatic heterocycles. The average molecular weight is 487 g/mol. The molecule has 2 fully saturated rings. The van der Waals surface area contributed by atoms with Crippen LogP contribution >= 0.6 is 0 Å². The summed E-state index contributed by atoms with van der Waals surface area (Å²) >= 11 is 0. The van der Waals surface area contributed by atoms with Crippen LogP contribution in [0.5, 0.6) is 0 Å². The number of carbonyl (C=O) groups is 2. The molecule has 2 heterocycles. The molecule has 35 heavy (non-hydrogen) atoms. The number of carbonyl (C=O) groups excluding carboxylic acids is 2. The fraction of sp³-hybridized carbons (Fsp3) is 0.714. The van der Waals surface area contributed by atoms with E-state index in [4.69, 9.17) is 5.73 Å². The summed E-state index contributed by atoms with van der Waals surface area (Å²) in [5, 5.41) is 10.6. The van der Waals surface area contributed by atoms with Crippen molar-refractivity contribution in [2.75, 3.05) is 40.3 Å². The Morgan fingerprint density at radius 1 is 1.09 bits per heavy atom. The van der Waals surface area contributed by atoms with Crippen molar-refractivity contribution >= 4 is 11.8 Å². The summed E-state index contributed by atoms with van der Waals surface area (Å²) in [5.74, 6) is -0.0414. The molecule has 2 aliphatic heterocycles. The molecule has 7 nitrogen and oxygen atoms in total. The van der Waals surface area contributed by atoms with Crippen LogP contribution in [-0.2, 0) is 4.79 Å². The number of aliphatic hydroxyl groups is 1. The number of rotatable bonds is 14. The van der Waals surface area contributed by atoms with Crippen molar-refractivity contribution in [3.8, 4) is 0 Å². The van der Waals surface area contributed by atoms with Gasteiger partial charge in [0, 0.05) is 43.8 Å². The quantitative estimate of drug-likeness (QED) is 0.394. The number of benzene rings is 1. The molecule has 2 aliphatic rings. The Kier molecular flexibility index (Phi) is 10.6. The molecule has 7 heteroatoms. The lowest BCUT2D eigenvalue weighted by atomic mass is 9.84. The summed E-state index contributed by atoms with van der Waals surface area (Å²) in [5.41, 5.74) is 7.30. The lowest BCUT2D eigenvalue weighted by molar-refractivity contribution is -0.141. The topological polar surface area (TPSA) is 90.1 Å².